The molecule has 1 amide bonds. The van der Waals surface area contributed by atoms with Crippen molar-refractivity contribution in [3.63, 3.8) is 0 Å². The maximum atomic E-state index is 12.1. The molecule has 1 N–H and O–H groups in total. The molecule has 0 bridgehead atoms. The first-order chi connectivity index (χ1) is 9.58. The van der Waals surface area contributed by atoms with Crippen LogP contribution in [0.3, 0.4) is 0 Å². The van der Waals surface area contributed by atoms with E-state index in [1.807, 2.05) is 28.7 Å². The molecule has 7 heteroatoms. The Morgan fingerprint density at radius 2 is 2.20 bits per heavy atom. The molecular weight excluding hydrogens is 373 g/mol. The monoisotopic (exact) mass is 383 g/mol. The summed E-state index contributed by atoms with van der Waals surface area (Å²) in [6, 6.07) is 7.82. The third-order valence-electron chi connectivity index (χ3n) is 2.58. The van der Waals surface area contributed by atoms with Crippen molar-refractivity contribution in [1.82, 2.24) is 10.3 Å². The number of carbonyl (C=O) groups is 1. The largest absolute Gasteiger partial charge is 0.348 e. The van der Waals surface area contributed by atoms with Crippen molar-refractivity contribution in [2.75, 3.05) is 0 Å². The number of nitrogens with zero attached hydrogens (tertiary/aromatic N) is 2. The van der Waals surface area contributed by atoms with Gasteiger partial charge in [-0.25, -0.2) is 0 Å². The Balaban J connectivity index is 2.13. The molecule has 0 radical (unpaired) electrons. The topological polar surface area (TPSA) is 85.1 Å². The Hall–Kier alpha value is -2.03. The van der Waals surface area contributed by atoms with Gasteiger partial charge in [-0.1, -0.05) is 6.07 Å². The fourth-order valence-electron chi connectivity index (χ4n) is 1.58. The third-order valence-corrected chi connectivity index (χ3v) is 3.52. The van der Waals surface area contributed by atoms with Gasteiger partial charge >= 0.3 is 0 Å². The predicted molar refractivity (Wildman–Crippen MR) is 81.2 cm³/mol. The number of pyridine rings is 1. The van der Waals surface area contributed by atoms with Gasteiger partial charge in [-0.2, -0.15) is 0 Å². The first-order valence-electron chi connectivity index (χ1n) is 5.69. The van der Waals surface area contributed by atoms with Gasteiger partial charge in [-0.05, 0) is 40.3 Å². The molecule has 0 aliphatic heterocycles. The summed E-state index contributed by atoms with van der Waals surface area (Å²) < 4.78 is 0.664. The second-order valence-electron chi connectivity index (χ2n) is 3.97. The van der Waals surface area contributed by atoms with Gasteiger partial charge in [0.1, 0.15) is 0 Å². The number of rotatable bonds is 4. The molecule has 0 fully saturated rings. The van der Waals surface area contributed by atoms with Crippen LogP contribution in [-0.4, -0.2) is 15.8 Å². The number of non-ortho nitro benzene ring substituents is 1. The van der Waals surface area contributed by atoms with E-state index in [1.165, 1.54) is 12.1 Å². The summed E-state index contributed by atoms with van der Waals surface area (Å²) in [5, 5.41) is 13.4. The minimum absolute atomic E-state index is 0.100. The molecule has 0 aliphatic rings. The highest BCUT2D eigenvalue weighted by atomic mass is 127. The molecule has 1 aromatic heterocycles. The van der Waals surface area contributed by atoms with E-state index in [9.17, 15) is 14.9 Å². The van der Waals surface area contributed by atoms with E-state index in [0.717, 1.165) is 5.56 Å². The minimum Gasteiger partial charge on any atom is -0.348 e. The maximum Gasteiger partial charge on any atom is 0.270 e. The summed E-state index contributed by atoms with van der Waals surface area (Å²) in [7, 11) is 0. The lowest BCUT2D eigenvalue weighted by atomic mass is 10.2. The fourth-order valence-corrected chi connectivity index (χ4v) is 2.16. The first-order valence-corrected chi connectivity index (χ1v) is 6.77. The lowest BCUT2D eigenvalue weighted by molar-refractivity contribution is -0.384. The Morgan fingerprint density at radius 3 is 2.85 bits per heavy atom. The highest BCUT2D eigenvalue weighted by Gasteiger charge is 2.15. The van der Waals surface area contributed by atoms with Crippen molar-refractivity contribution in [1.29, 1.82) is 0 Å². The number of halogens is 1. The molecule has 0 aliphatic carbocycles. The van der Waals surface area contributed by atoms with Gasteiger partial charge in [-0.3, -0.25) is 19.9 Å². The molecule has 2 aromatic rings. The zero-order valence-corrected chi connectivity index (χ0v) is 12.4. The quantitative estimate of drug-likeness (QED) is 0.500. The van der Waals surface area contributed by atoms with Crippen LogP contribution in [0.5, 0.6) is 0 Å². The van der Waals surface area contributed by atoms with E-state index in [4.69, 9.17) is 0 Å². The zero-order chi connectivity index (χ0) is 14.5. The molecule has 20 heavy (non-hydrogen) atoms. The molecule has 1 aromatic carbocycles. The lowest BCUT2D eigenvalue weighted by Gasteiger charge is -2.06. The number of benzene rings is 1. The van der Waals surface area contributed by atoms with Crippen molar-refractivity contribution < 1.29 is 9.72 Å². The van der Waals surface area contributed by atoms with Crippen LogP contribution in [0.15, 0.2) is 42.7 Å². The lowest BCUT2D eigenvalue weighted by Crippen LogP contribution is -2.23. The molecule has 1 heterocycles. The van der Waals surface area contributed by atoms with E-state index in [0.29, 0.717) is 15.7 Å². The Bertz CT molecular complexity index is 647. The van der Waals surface area contributed by atoms with Gasteiger partial charge in [0.15, 0.2) is 0 Å². The van der Waals surface area contributed by atoms with Crippen LogP contribution in [0.2, 0.25) is 0 Å². The summed E-state index contributed by atoms with van der Waals surface area (Å²) in [4.78, 5) is 26.2. The number of hydrogen-bond donors (Lipinski definition) is 1. The van der Waals surface area contributed by atoms with E-state index in [2.05, 4.69) is 10.3 Å². The van der Waals surface area contributed by atoms with Crippen LogP contribution in [0.4, 0.5) is 5.69 Å². The SMILES string of the molecule is O=C(NCc1cccnc1)c1cc([N+](=O)[O-])ccc1I. The molecule has 2 rings (SSSR count). The molecule has 6 nitrogen and oxygen atoms in total. The number of carbonyl (C=O) groups excluding carboxylic acids is 1. The fraction of sp³-hybridized carbons (Fsp3) is 0.0769. The molecular formula is C13H10IN3O3. The van der Waals surface area contributed by atoms with Crippen LogP contribution < -0.4 is 5.32 Å². The second-order valence-corrected chi connectivity index (χ2v) is 5.13. The van der Waals surface area contributed by atoms with E-state index in [-0.39, 0.29) is 11.6 Å². The average molecular weight is 383 g/mol. The maximum absolute atomic E-state index is 12.1. The first kappa shape index (κ1) is 14.4. The molecule has 102 valence electrons. The van der Waals surface area contributed by atoms with Gasteiger partial charge in [0.05, 0.1) is 10.5 Å². The summed E-state index contributed by atoms with van der Waals surface area (Å²) >= 11 is 1.97. The van der Waals surface area contributed by atoms with Crippen molar-refractivity contribution in [3.05, 3.63) is 67.5 Å². The third kappa shape index (κ3) is 3.50. The Kier molecular flexibility index (Phi) is 4.61. The van der Waals surface area contributed by atoms with E-state index in [1.54, 1.807) is 24.5 Å². The average Bonchev–Trinajstić information content (AvgIpc) is 2.46. The van der Waals surface area contributed by atoms with Crippen LogP contribution in [0.25, 0.3) is 0 Å². The summed E-state index contributed by atoms with van der Waals surface area (Å²) in [5.74, 6) is -0.345. The van der Waals surface area contributed by atoms with Crippen molar-refractivity contribution in [3.8, 4) is 0 Å². The number of nitrogens with one attached hydrogen (secondary N) is 1. The Labute approximate surface area is 128 Å². The van der Waals surface area contributed by atoms with Gasteiger partial charge in [-0.15, -0.1) is 0 Å². The van der Waals surface area contributed by atoms with Crippen molar-refractivity contribution in [2.24, 2.45) is 0 Å². The standard InChI is InChI=1S/C13H10IN3O3/c14-12-4-3-10(17(19)20)6-11(12)13(18)16-8-9-2-1-5-15-7-9/h1-7H,8H2,(H,16,18). The molecule has 0 spiro atoms. The summed E-state index contributed by atoms with van der Waals surface area (Å²) in [6.07, 6.45) is 3.30. The van der Waals surface area contributed by atoms with Crippen LogP contribution in [0, 0.1) is 13.7 Å². The second kappa shape index (κ2) is 6.42. The van der Waals surface area contributed by atoms with E-state index >= 15 is 0 Å². The van der Waals surface area contributed by atoms with Crippen LogP contribution in [0.1, 0.15) is 15.9 Å². The number of aromatic nitrogens is 1. The number of nitro benzene ring substituents is 1. The number of hydrogen-bond acceptors (Lipinski definition) is 4. The van der Waals surface area contributed by atoms with E-state index < -0.39 is 4.92 Å². The van der Waals surface area contributed by atoms with Gasteiger partial charge < -0.3 is 5.32 Å². The van der Waals surface area contributed by atoms with Gasteiger partial charge in [0.25, 0.3) is 11.6 Å². The summed E-state index contributed by atoms with van der Waals surface area (Å²) in [5.41, 5.74) is 1.06. The van der Waals surface area contributed by atoms with Gasteiger partial charge in [0, 0.05) is 34.6 Å². The predicted octanol–water partition coefficient (Wildman–Crippen LogP) is 2.52. The molecule has 0 saturated heterocycles. The molecule has 0 unspecified atom stereocenters. The van der Waals surface area contributed by atoms with Crippen LogP contribution >= 0.6 is 22.6 Å². The molecule has 0 atom stereocenters. The highest BCUT2D eigenvalue weighted by Crippen LogP contribution is 2.19. The zero-order valence-electron chi connectivity index (χ0n) is 10.2. The summed E-state index contributed by atoms with van der Waals surface area (Å²) in [6.45, 7) is 0.325. The van der Waals surface area contributed by atoms with Crippen molar-refractivity contribution in [2.45, 2.75) is 6.54 Å². The van der Waals surface area contributed by atoms with Crippen molar-refractivity contribution >= 4 is 34.2 Å². The Morgan fingerprint density at radius 1 is 1.40 bits per heavy atom. The normalized spacial score (nSPS) is 10.1. The highest BCUT2D eigenvalue weighted by molar-refractivity contribution is 14.1. The van der Waals surface area contributed by atoms with Crippen LogP contribution in [-0.2, 0) is 6.54 Å². The number of amides is 1. The van der Waals surface area contributed by atoms with Gasteiger partial charge in [0.2, 0.25) is 0 Å². The number of nitro groups is 1. The minimum atomic E-state index is -0.520. The molecule has 0 saturated carbocycles. The smallest absolute Gasteiger partial charge is 0.270 e.